The van der Waals surface area contributed by atoms with Crippen LogP contribution in [0.2, 0.25) is 5.02 Å². The molecular formula is C13H10ClNO2S. The molecule has 0 aliphatic heterocycles. The molecule has 0 amide bonds. The molecule has 5 heteroatoms. The van der Waals surface area contributed by atoms with Gasteiger partial charge in [0.05, 0.1) is 5.56 Å². The SMILES string of the molecule is Cc1ccnc(Sc2ccc(Cl)cc2)c1C(=O)O. The maximum atomic E-state index is 11.2. The predicted octanol–water partition coefficient (Wildman–Crippen LogP) is 3.89. The zero-order valence-corrected chi connectivity index (χ0v) is 11.1. The molecule has 2 rings (SSSR count). The number of aryl methyl sites for hydroxylation is 1. The largest absolute Gasteiger partial charge is 0.478 e. The lowest BCUT2D eigenvalue weighted by Crippen LogP contribution is -2.03. The molecule has 3 nitrogen and oxygen atoms in total. The first-order valence-electron chi connectivity index (χ1n) is 5.20. The van der Waals surface area contributed by atoms with E-state index < -0.39 is 5.97 Å². The molecule has 0 spiro atoms. The van der Waals surface area contributed by atoms with Crippen LogP contribution in [0.25, 0.3) is 0 Å². The second kappa shape index (κ2) is 5.42. The smallest absolute Gasteiger partial charge is 0.338 e. The van der Waals surface area contributed by atoms with Crippen molar-refractivity contribution in [3.8, 4) is 0 Å². The van der Waals surface area contributed by atoms with Gasteiger partial charge in [0.15, 0.2) is 0 Å². The van der Waals surface area contributed by atoms with Crippen LogP contribution in [0.15, 0.2) is 46.5 Å². The first kappa shape index (κ1) is 12.9. The van der Waals surface area contributed by atoms with Gasteiger partial charge in [-0.15, -0.1) is 0 Å². The molecule has 92 valence electrons. The predicted molar refractivity (Wildman–Crippen MR) is 71.5 cm³/mol. The van der Waals surface area contributed by atoms with Crippen molar-refractivity contribution < 1.29 is 9.90 Å². The summed E-state index contributed by atoms with van der Waals surface area (Å²) in [4.78, 5) is 16.2. The molecule has 0 aliphatic rings. The van der Waals surface area contributed by atoms with Crippen molar-refractivity contribution in [3.05, 3.63) is 52.7 Å². The summed E-state index contributed by atoms with van der Waals surface area (Å²) in [6.07, 6.45) is 1.61. The van der Waals surface area contributed by atoms with E-state index in [4.69, 9.17) is 11.6 Å². The number of halogens is 1. The molecule has 0 unspecified atom stereocenters. The third kappa shape index (κ3) is 2.83. The molecule has 1 N–H and O–H groups in total. The molecule has 0 atom stereocenters. The van der Waals surface area contributed by atoms with Crippen LogP contribution in [0.1, 0.15) is 15.9 Å². The number of benzene rings is 1. The van der Waals surface area contributed by atoms with Gasteiger partial charge in [-0.1, -0.05) is 23.4 Å². The van der Waals surface area contributed by atoms with Gasteiger partial charge in [-0.2, -0.15) is 0 Å². The van der Waals surface area contributed by atoms with Gasteiger partial charge in [0.25, 0.3) is 0 Å². The summed E-state index contributed by atoms with van der Waals surface area (Å²) >= 11 is 7.12. The Labute approximate surface area is 114 Å². The Morgan fingerprint density at radius 1 is 1.28 bits per heavy atom. The van der Waals surface area contributed by atoms with Crippen molar-refractivity contribution in [2.24, 2.45) is 0 Å². The summed E-state index contributed by atoms with van der Waals surface area (Å²) in [6, 6.07) is 8.89. The molecule has 0 saturated heterocycles. The number of hydrogen-bond donors (Lipinski definition) is 1. The van der Waals surface area contributed by atoms with Crippen LogP contribution < -0.4 is 0 Å². The van der Waals surface area contributed by atoms with Crippen molar-refractivity contribution in [1.29, 1.82) is 0 Å². The molecule has 0 aliphatic carbocycles. The number of carbonyl (C=O) groups is 1. The number of rotatable bonds is 3. The lowest BCUT2D eigenvalue weighted by molar-refractivity contribution is 0.0691. The fourth-order valence-corrected chi connectivity index (χ4v) is 2.57. The van der Waals surface area contributed by atoms with E-state index in [0.29, 0.717) is 15.6 Å². The Morgan fingerprint density at radius 2 is 1.94 bits per heavy atom. The van der Waals surface area contributed by atoms with Crippen molar-refractivity contribution in [1.82, 2.24) is 4.98 Å². The lowest BCUT2D eigenvalue weighted by atomic mass is 10.2. The minimum atomic E-state index is -0.961. The van der Waals surface area contributed by atoms with Crippen LogP contribution in [0, 0.1) is 6.92 Å². The molecular weight excluding hydrogens is 270 g/mol. The highest BCUT2D eigenvalue weighted by Crippen LogP contribution is 2.30. The Kier molecular flexibility index (Phi) is 3.89. The Hall–Kier alpha value is -1.52. The monoisotopic (exact) mass is 279 g/mol. The minimum absolute atomic E-state index is 0.248. The zero-order chi connectivity index (χ0) is 13.1. The average molecular weight is 280 g/mol. The van der Waals surface area contributed by atoms with Crippen molar-refractivity contribution in [2.45, 2.75) is 16.8 Å². The summed E-state index contributed by atoms with van der Waals surface area (Å²) in [5.74, 6) is -0.961. The number of hydrogen-bond acceptors (Lipinski definition) is 3. The van der Waals surface area contributed by atoms with Crippen LogP contribution in [0.3, 0.4) is 0 Å². The Morgan fingerprint density at radius 3 is 2.56 bits per heavy atom. The molecule has 0 saturated carbocycles. The summed E-state index contributed by atoms with van der Waals surface area (Å²) in [5, 5.41) is 10.3. The van der Waals surface area contributed by atoms with E-state index >= 15 is 0 Å². The van der Waals surface area contributed by atoms with Gasteiger partial charge >= 0.3 is 5.97 Å². The van der Waals surface area contributed by atoms with Crippen LogP contribution in [-0.4, -0.2) is 16.1 Å². The highest BCUT2D eigenvalue weighted by molar-refractivity contribution is 7.99. The number of pyridine rings is 1. The van der Waals surface area contributed by atoms with E-state index in [9.17, 15) is 9.90 Å². The molecule has 0 bridgehead atoms. The highest BCUT2D eigenvalue weighted by Gasteiger charge is 2.15. The summed E-state index contributed by atoms with van der Waals surface area (Å²) in [6.45, 7) is 1.76. The van der Waals surface area contributed by atoms with Gasteiger partial charge in [-0.3, -0.25) is 0 Å². The van der Waals surface area contributed by atoms with Gasteiger partial charge < -0.3 is 5.11 Å². The van der Waals surface area contributed by atoms with E-state index in [-0.39, 0.29) is 5.56 Å². The van der Waals surface area contributed by atoms with Gasteiger partial charge in [-0.05, 0) is 42.8 Å². The lowest BCUT2D eigenvalue weighted by Gasteiger charge is -2.07. The van der Waals surface area contributed by atoms with Crippen LogP contribution in [-0.2, 0) is 0 Å². The summed E-state index contributed by atoms with van der Waals surface area (Å²) in [7, 11) is 0. The first-order valence-corrected chi connectivity index (χ1v) is 6.39. The van der Waals surface area contributed by atoms with E-state index in [1.54, 1.807) is 31.3 Å². The van der Waals surface area contributed by atoms with Gasteiger partial charge in [0.1, 0.15) is 5.03 Å². The third-order valence-electron chi connectivity index (χ3n) is 2.37. The maximum Gasteiger partial charge on any atom is 0.338 e. The van der Waals surface area contributed by atoms with Crippen LogP contribution in [0.4, 0.5) is 0 Å². The van der Waals surface area contributed by atoms with E-state index in [0.717, 1.165) is 4.90 Å². The number of carboxylic acid groups (broad SMARTS) is 1. The molecule has 0 radical (unpaired) electrons. The minimum Gasteiger partial charge on any atom is -0.478 e. The Balaban J connectivity index is 2.37. The average Bonchev–Trinajstić information content (AvgIpc) is 2.32. The molecule has 1 aromatic carbocycles. The quantitative estimate of drug-likeness (QED) is 0.926. The third-order valence-corrected chi connectivity index (χ3v) is 3.63. The normalized spacial score (nSPS) is 10.3. The van der Waals surface area contributed by atoms with Crippen LogP contribution in [0.5, 0.6) is 0 Å². The fraction of sp³-hybridized carbons (Fsp3) is 0.0769. The molecule has 0 fully saturated rings. The molecule has 18 heavy (non-hydrogen) atoms. The first-order chi connectivity index (χ1) is 8.58. The number of aromatic nitrogens is 1. The zero-order valence-electron chi connectivity index (χ0n) is 9.55. The number of nitrogens with zero attached hydrogens (tertiary/aromatic N) is 1. The molecule has 1 heterocycles. The maximum absolute atomic E-state index is 11.2. The van der Waals surface area contributed by atoms with E-state index in [2.05, 4.69) is 4.98 Å². The second-order valence-corrected chi connectivity index (χ2v) is 5.17. The van der Waals surface area contributed by atoms with Crippen molar-refractivity contribution >= 4 is 29.3 Å². The van der Waals surface area contributed by atoms with Crippen molar-refractivity contribution in [2.75, 3.05) is 0 Å². The van der Waals surface area contributed by atoms with Gasteiger partial charge in [0.2, 0.25) is 0 Å². The number of aromatic carboxylic acids is 1. The van der Waals surface area contributed by atoms with Crippen LogP contribution >= 0.6 is 23.4 Å². The highest BCUT2D eigenvalue weighted by atomic mass is 35.5. The van der Waals surface area contributed by atoms with Gasteiger partial charge in [0, 0.05) is 16.1 Å². The summed E-state index contributed by atoms with van der Waals surface area (Å²) in [5.41, 5.74) is 0.950. The topological polar surface area (TPSA) is 50.2 Å². The van der Waals surface area contributed by atoms with Crippen molar-refractivity contribution in [3.63, 3.8) is 0 Å². The standard InChI is InChI=1S/C13H10ClNO2S/c1-8-6-7-15-12(11(8)13(16)17)18-10-4-2-9(14)3-5-10/h2-7H,1H3,(H,16,17). The second-order valence-electron chi connectivity index (χ2n) is 3.67. The van der Waals surface area contributed by atoms with E-state index in [1.807, 2.05) is 12.1 Å². The number of carboxylic acids is 1. The van der Waals surface area contributed by atoms with E-state index in [1.165, 1.54) is 11.8 Å². The molecule has 2 aromatic rings. The fourth-order valence-electron chi connectivity index (χ4n) is 1.49. The molecule has 1 aromatic heterocycles. The summed E-state index contributed by atoms with van der Waals surface area (Å²) < 4.78 is 0. The van der Waals surface area contributed by atoms with Gasteiger partial charge in [-0.25, -0.2) is 9.78 Å². The Bertz CT molecular complexity index is 584.